The molecular weight excluding hydrogens is 455 g/mol. The fourth-order valence-corrected chi connectivity index (χ4v) is 4.42. The summed E-state index contributed by atoms with van der Waals surface area (Å²) in [4.78, 5) is 12.3. The van der Waals surface area contributed by atoms with E-state index in [1.807, 2.05) is 53.9 Å². The van der Waals surface area contributed by atoms with Gasteiger partial charge in [0.2, 0.25) is 0 Å². The van der Waals surface area contributed by atoms with Crippen LogP contribution in [0.25, 0.3) is 21.6 Å². The maximum atomic E-state index is 11.4. The third kappa shape index (κ3) is 5.37. The van der Waals surface area contributed by atoms with Crippen molar-refractivity contribution in [2.24, 2.45) is 0 Å². The fourth-order valence-electron chi connectivity index (χ4n) is 3.32. The van der Waals surface area contributed by atoms with E-state index >= 15 is 0 Å². The Bertz CT molecular complexity index is 1220. The van der Waals surface area contributed by atoms with Crippen molar-refractivity contribution in [3.63, 3.8) is 0 Å². The predicted octanol–water partition coefficient (Wildman–Crippen LogP) is 2.69. The fraction of sp³-hybridized carbons (Fsp3) is 0.0800. The summed E-state index contributed by atoms with van der Waals surface area (Å²) in [6.07, 6.45) is 0. The minimum absolute atomic E-state index is 0. The quantitative estimate of drug-likeness (QED) is 0.388. The van der Waals surface area contributed by atoms with Crippen molar-refractivity contribution in [2.45, 2.75) is 6.61 Å². The standard InChI is InChI=1S/C25H19ClO4S.Na/c1-29-22-9-7-17(25(27)28)13-21(22)24-19(11-12-31-24)20-14-18(26)8-10-23(20)30-15-16-5-3-2-4-6-16;/h2-14H,15H2,1H3,(H,27,28);/q;+1/p-1. The summed E-state index contributed by atoms with van der Waals surface area (Å²) < 4.78 is 11.6. The van der Waals surface area contributed by atoms with Gasteiger partial charge < -0.3 is 19.4 Å². The van der Waals surface area contributed by atoms with Gasteiger partial charge in [-0.3, -0.25) is 0 Å². The number of carbonyl (C=O) groups is 1. The Morgan fingerprint density at radius 3 is 2.41 bits per heavy atom. The van der Waals surface area contributed by atoms with Gasteiger partial charge in [-0.25, -0.2) is 0 Å². The normalized spacial score (nSPS) is 10.3. The first-order valence-electron chi connectivity index (χ1n) is 9.50. The Labute approximate surface area is 217 Å². The smallest absolute Gasteiger partial charge is 0.545 e. The van der Waals surface area contributed by atoms with E-state index in [9.17, 15) is 9.90 Å². The van der Waals surface area contributed by atoms with Crippen LogP contribution in [0.1, 0.15) is 15.9 Å². The van der Waals surface area contributed by atoms with Gasteiger partial charge in [0.15, 0.2) is 0 Å². The van der Waals surface area contributed by atoms with Gasteiger partial charge in [0.1, 0.15) is 18.1 Å². The molecule has 3 aromatic carbocycles. The minimum atomic E-state index is -1.24. The van der Waals surface area contributed by atoms with Crippen LogP contribution in [0.15, 0.2) is 78.2 Å². The second-order valence-corrected chi connectivity index (χ2v) is 8.13. The Kier molecular flexibility index (Phi) is 8.40. The molecule has 0 N–H and O–H groups in total. The Hall–Kier alpha value is -2.28. The van der Waals surface area contributed by atoms with Gasteiger partial charge in [-0.15, -0.1) is 11.3 Å². The summed E-state index contributed by atoms with van der Waals surface area (Å²) in [6, 6.07) is 22.0. The van der Waals surface area contributed by atoms with Gasteiger partial charge in [0.25, 0.3) is 0 Å². The molecule has 0 saturated carbocycles. The number of halogens is 1. The number of carboxylic acids is 1. The number of hydrogen-bond acceptors (Lipinski definition) is 5. The van der Waals surface area contributed by atoms with Crippen LogP contribution in [0.5, 0.6) is 11.5 Å². The van der Waals surface area contributed by atoms with Crippen molar-refractivity contribution >= 4 is 28.9 Å². The maximum absolute atomic E-state index is 11.4. The van der Waals surface area contributed by atoms with Crippen molar-refractivity contribution in [1.29, 1.82) is 0 Å². The summed E-state index contributed by atoms with van der Waals surface area (Å²) in [6.45, 7) is 0.415. The molecule has 0 spiro atoms. The molecule has 156 valence electrons. The second-order valence-electron chi connectivity index (χ2n) is 6.78. The summed E-state index contributed by atoms with van der Waals surface area (Å²) in [5.74, 6) is 0.0158. The van der Waals surface area contributed by atoms with E-state index in [2.05, 4.69) is 0 Å². The van der Waals surface area contributed by atoms with Gasteiger partial charge in [0.05, 0.1) is 13.1 Å². The monoisotopic (exact) mass is 472 g/mol. The molecular formula is C25H18ClNaO4S. The van der Waals surface area contributed by atoms with E-state index in [4.69, 9.17) is 21.1 Å². The van der Waals surface area contributed by atoms with E-state index in [1.165, 1.54) is 17.4 Å². The van der Waals surface area contributed by atoms with Crippen LogP contribution in [-0.4, -0.2) is 13.1 Å². The molecule has 0 fully saturated rings. The number of aromatic carboxylic acids is 1. The van der Waals surface area contributed by atoms with Crippen LogP contribution in [0.2, 0.25) is 5.02 Å². The average molecular weight is 473 g/mol. The molecule has 0 aliphatic rings. The first kappa shape index (κ1) is 24.4. The molecule has 0 amide bonds. The van der Waals surface area contributed by atoms with E-state index in [0.717, 1.165) is 21.6 Å². The number of rotatable bonds is 7. The van der Waals surface area contributed by atoms with Gasteiger partial charge >= 0.3 is 29.6 Å². The molecule has 7 heteroatoms. The van der Waals surface area contributed by atoms with Crippen LogP contribution in [0, 0.1) is 0 Å². The first-order valence-corrected chi connectivity index (χ1v) is 10.8. The molecule has 0 aliphatic carbocycles. The van der Waals surface area contributed by atoms with Gasteiger partial charge in [-0.1, -0.05) is 41.9 Å². The zero-order chi connectivity index (χ0) is 21.8. The van der Waals surface area contributed by atoms with E-state index in [-0.39, 0.29) is 35.1 Å². The SMILES string of the molecule is COc1ccc(C(=O)[O-])cc1-c1sccc1-c1cc(Cl)ccc1OCc1ccccc1.[Na+]. The van der Waals surface area contributed by atoms with Crippen LogP contribution < -0.4 is 44.1 Å². The number of hydrogen-bond donors (Lipinski definition) is 0. The number of carbonyl (C=O) groups excluding carboxylic acids is 1. The zero-order valence-corrected chi connectivity index (χ0v) is 21.2. The number of methoxy groups -OCH3 is 1. The molecule has 4 aromatic rings. The van der Waals surface area contributed by atoms with Gasteiger partial charge in [0, 0.05) is 26.6 Å². The third-order valence-electron chi connectivity index (χ3n) is 4.81. The van der Waals surface area contributed by atoms with Crippen molar-refractivity contribution < 1.29 is 48.9 Å². The molecule has 0 aliphatic heterocycles. The largest absolute Gasteiger partial charge is 1.00 e. The molecule has 1 heterocycles. The predicted molar refractivity (Wildman–Crippen MR) is 122 cm³/mol. The molecule has 1 aromatic heterocycles. The molecule has 0 saturated heterocycles. The van der Waals surface area contributed by atoms with Gasteiger partial charge in [-0.2, -0.15) is 0 Å². The van der Waals surface area contributed by atoms with E-state index in [1.54, 1.807) is 25.3 Å². The molecule has 4 nitrogen and oxygen atoms in total. The topological polar surface area (TPSA) is 58.6 Å². The third-order valence-corrected chi connectivity index (χ3v) is 6.00. The molecule has 0 atom stereocenters. The number of benzene rings is 3. The maximum Gasteiger partial charge on any atom is 1.00 e. The summed E-state index contributed by atoms with van der Waals surface area (Å²) in [5, 5.41) is 13.9. The van der Waals surface area contributed by atoms with Crippen molar-refractivity contribution in [3.8, 4) is 33.1 Å². The average Bonchev–Trinajstić information content (AvgIpc) is 3.28. The molecule has 0 radical (unpaired) electrons. The van der Waals surface area contributed by atoms with Crippen LogP contribution in [-0.2, 0) is 6.61 Å². The second kappa shape index (κ2) is 11.0. The minimum Gasteiger partial charge on any atom is -0.545 e. The van der Waals surface area contributed by atoms with Crippen molar-refractivity contribution in [2.75, 3.05) is 7.11 Å². The zero-order valence-electron chi connectivity index (χ0n) is 17.6. The Morgan fingerprint density at radius 2 is 1.69 bits per heavy atom. The first-order chi connectivity index (χ1) is 15.1. The van der Waals surface area contributed by atoms with Gasteiger partial charge in [-0.05, 0) is 59.0 Å². The number of carboxylic acid groups (broad SMARTS) is 1. The summed E-state index contributed by atoms with van der Waals surface area (Å²) >= 11 is 7.80. The molecule has 32 heavy (non-hydrogen) atoms. The summed E-state index contributed by atoms with van der Waals surface area (Å²) in [7, 11) is 1.55. The number of thiophene rings is 1. The van der Waals surface area contributed by atoms with Crippen LogP contribution in [0.4, 0.5) is 0 Å². The van der Waals surface area contributed by atoms with Crippen molar-refractivity contribution in [1.82, 2.24) is 0 Å². The van der Waals surface area contributed by atoms with Crippen molar-refractivity contribution in [3.05, 3.63) is 94.3 Å². The molecule has 0 bridgehead atoms. The molecule has 4 rings (SSSR count). The Balaban J connectivity index is 0.00000289. The Morgan fingerprint density at radius 1 is 0.938 bits per heavy atom. The van der Waals surface area contributed by atoms with Crippen LogP contribution >= 0.6 is 22.9 Å². The van der Waals surface area contributed by atoms with E-state index in [0.29, 0.717) is 28.7 Å². The van der Waals surface area contributed by atoms with Crippen LogP contribution in [0.3, 0.4) is 0 Å². The van der Waals surface area contributed by atoms with E-state index < -0.39 is 5.97 Å². The summed E-state index contributed by atoms with van der Waals surface area (Å²) in [5.41, 5.74) is 3.51. The number of ether oxygens (including phenoxy) is 2. The molecule has 0 unspecified atom stereocenters.